The summed E-state index contributed by atoms with van der Waals surface area (Å²) in [5.74, 6) is -1.15. The summed E-state index contributed by atoms with van der Waals surface area (Å²) < 4.78 is 9.72. The molecule has 0 radical (unpaired) electrons. The Morgan fingerprint density at radius 3 is 1.76 bits per heavy atom. The number of halogens is 2. The molecule has 6 heteroatoms. The van der Waals surface area contributed by atoms with Crippen molar-refractivity contribution in [3.05, 3.63) is 33.8 Å². The summed E-state index contributed by atoms with van der Waals surface area (Å²) in [4.78, 5) is 21.8. The van der Waals surface area contributed by atoms with Gasteiger partial charge in [-0.2, -0.15) is 0 Å². The lowest BCUT2D eigenvalue weighted by Crippen LogP contribution is -2.15. The fourth-order valence-corrected chi connectivity index (χ4v) is 1.72. The second kappa shape index (κ2) is 5.89. The van der Waals surface area contributed by atoms with Gasteiger partial charge in [-0.3, -0.25) is 9.59 Å². The van der Waals surface area contributed by atoms with E-state index in [1.807, 2.05) is 0 Å². The minimum atomic E-state index is -1.14. The maximum atomic E-state index is 10.9. The number of rotatable bonds is 3. The highest BCUT2D eigenvalue weighted by molar-refractivity contribution is 6.34. The van der Waals surface area contributed by atoms with Crippen LogP contribution in [0.3, 0.4) is 0 Å². The third kappa shape index (κ3) is 4.63. The van der Waals surface area contributed by atoms with Gasteiger partial charge in [0, 0.05) is 29.5 Å². The standard InChI is InChI=1S/C11H10Cl2O4/c1-6(14)16-11(17-7(2)15)8-3-9(12)5-10(13)4-8/h3-5,11H,1-2H3. The first-order valence-electron chi connectivity index (χ1n) is 4.69. The normalized spacial score (nSPS) is 10.2. The molecule has 0 aliphatic rings. The summed E-state index contributed by atoms with van der Waals surface area (Å²) in [5.41, 5.74) is 0.396. The molecule has 0 bridgehead atoms. The third-order valence-corrected chi connectivity index (χ3v) is 2.14. The Balaban J connectivity index is 3.02. The zero-order chi connectivity index (χ0) is 13.0. The van der Waals surface area contributed by atoms with Crippen LogP contribution in [-0.4, -0.2) is 11.9 Å². The molecule has 0 amide bonds. The Kier molecular flexibility index (Phi) is 4.78. The van der Waals surface area contributed by atoms with Gasteiger partial charge in [-0.1, -0.05) is 23.2 Å². The van der Waals surface area contributed by atoms with Crippen LogP contribution in [0.5, 0.6) is 0 Å². The maximum absolute atomic E-state index is 10.9. The summed E-state index contributed by atoms with van der Waals surface area (Å²) >= 11 is 11.6. The van der Waals surface area contributed by atoms with E-state index >= 15 is 0 Å². The first-order chi connectivity index (χ1) is 7.88. The van der Waals surface area contributed by atoms with Crippen molar-refractivity contribution < 1.29 is 19.1 Å². The average molecular weight is 277 g/mol. The third-order valence-electron chi connectivity index (χ3n) is 1.70. The highest BCUT2D eigenvalue weighted by atomic mass is 35.5. The van der Waals surface area contributed by atoms with Gasteiger partial charge < -0.3 is 9.47 Å². The number of ether oxygens (including phenoxy) is 2. The first kappa shape index (κ1) is 13.8. The molecule has 0 saturated carbocycles. The number of benzene rings is 1. The summed E-state index contributed by atoms with van der Waals surface area (Å²) in [5, 5.41) is 0.716. The lowest BCUT2D eigenvalue weighted by molar-refractivity contribution is -0.186. The minimum Gasteiger partial charge on any atom is -0.421 e. The van der Waals surface area contributed by atoms with E-state index in [-0.39, 0.29) is 0 Å². The van der Waals surface area contributed by atoms with Crippen LogP contribution < -0.4 is 0 Å². The van der Waals surface area contributed by atoms with Crippen LogP contribution in [0.1, 0.15) is 25.7 Å². The molecule has 0 heterocycles. The van der Waals surface area contributed by atoms with E-state index < -0.39 is 18.2 Å². The number of esters is 2. The van der Waals surface area contributed by atoms with Gasteiger partial charge in [-0.15, -0.1) is 0 Å². The lowest BCUT2D eigenvalue weighted by atomic mass is 10.2. The van der Waals surface area contributed by atoms with Crippen molar-refractivity contribution in [3.63, 3.8) is 0 Å². The van der Waals surface area contributed by atoms with Crippen LogP contribution in [0.2, 0.25) is 10.0 Å². The smallest absolute Gasteiger partial charge is 0.305 e. The fraction of sp³-hybridized carbons (Fsp3) is 0.273. The molecule has 0 unspecified atom stereocenters. The molecule has 1 aromatic rings. The molecule has 17 heavy (non-hydrogen) atoms. The second-order valence-electron chi connectivity index (χ2n) is 3.25. The second-order valence-corrected chi connectivity index (χ2v) is 4.13. The van der Waals surface area contributed by atoms with Crippen LogP contribution in [-0.2, 0) is 19.1 Å². The molecule has 0 aromatic heterocycles. The quantitative estimate of drug-likeness (QED) is 0.629. The average Bonchev–Trinajstić information content (AvgIpc) is 2.13. The Morgan fingerprint density at radius 1 is 1.00 bits per heavy atom. The molecule has 0 aliphatic heterocycles. The molecule has 92 valence electrons. The summed E-state index contributed by atoms with van der Waals surface area (Å²) in [6, 6.07) is 4.53. The first-order valence-corrected chi connectivity index (χ1v) is 5.44. The van der Waals surface area contributed by atoms with E-state index in [0.717, 1.165) is 0 Å². The van der Waals surface area contributed by atoms with Crippen LogP contribution in [0.15, 0.2) is 18.2 Å². The molecular weight excluding hydrogens is 267 g/mol. The van der Waals surface area contributed by atoms with Gasteiger partial charge >= 0.3 is 11.9 Å². The van der Waals surface area contributed by atoms with Crippen LogP contribution in [0, 0.1) is 0 Å². The Bertz CT molecular complexity index is 409. The van der Waals surface area contributed by atoms with Crippen LogP contribution >= 0.6 is 23.2 Å². The van der Waals surface area contributed by atoms with Crippen LogP contribution in [0.25, 0.3) is 0 Å². The molecule has 1 rings (SSSR count). The van der Waals surface area contributed by atoms with Crippen LogP contribution in [0.4, 0.5) is 0 Å². The molecular formula is C11H10Cl2O4. The fourth-order valence-electron chi connectivity index (χ4n) is 1.17. The summed E-state index contributed by atoms with van der Waals surface area (Å²) in [7, 11) is 0. The Labute approximate surface area is 108 Å². The SMILES string of the molecule is CC(=O)OC(OC(C)=O)c1cc(Cl)cc(Cl)c1. The number of hydrogen-bond acceptors (Lipinski definition) is 4. The predicted molar refractivity (Wildman–Crippen MR) is 62.7 cm³/mol. The highest BCUT2D eigenvalue weighted by Gasteiger charge is 2.18. The van der Waals surface area contributed by atoms with Crippen molar-refractivity contribution in [2.24, 2.45) is 0 Å². The topological polar surface area (TPSA) is 52.6 Å². The minimum absolute atomic E-state index is 0.358. The zero-order valence-electron chi connectivity index (χ0n) is 9.20. The maximum Gasteiger partial charge on any atom is 0.305 e. The highest BCUT2D eigenvalue weighted by Crippen LogP contribution is 2.26. The van der Waals surface area contributed by atoms with E-state index in [2.05, 4.69) is 0 Å². The van der Waals surface area contributed by atoms with Crippen molar-refractivity contribution in [1.29, 1.82) is 0 Å². The molecule has 4 nitrogen and oxygen atoms in total. The van der Waals surface area contributed by atoms with Crippen molar-refractivity contribution >= 4 is 35.1 Å². The van der Waals surface area contributed by atoms with E-state index in [4.69, 9.17) is 32.7 Å². The van der Waals surface area contributed by atoms with Gasteiger partial charge in [0.25, 0.3) is 6.29 Å². The van der Waals surface area contributed by atoms with E-state index in [9.17, 15) is 9.59 Å². The van der Waals surface area contributed by atoms with Crippen molar-refractivity contribution in [3.8, 4) is 0 Å². The van der Waals surface area contributed by atoms with Gasteiger partial charge in [0.1, 0.15) is 0 Å². The molecule has 0 saturated heterocycles. The molecule has 0 fully saturated rings. The molecule has 0 spiro atoms. The largest absolute Gasteiger partial charge is 0.421 e. The zero-order valence-corrected chi connectivity index (χ0v) is 10.7. The van der Waals surface area contributed by atoms with Gasteiger partial charge in [0.15, 0.2) is 0 Å². The molecule has 1 aromatic carbocycles. The number of carbonyl (C=O) groups is 2. The summed E-state index contributed by atoms with van der Waals surface area (Å²) in [6.07, 6.45) is -1.14. The molecule has 0 atom stereocenters. The lowest BCUT2D eigenvalue weighted by Gasteiger charge is -2.17. The monoisotopic (exact) mass is 276 g/mol. The van der Waals surface area contributed by atoms with Gasteiger partial charge in [-0.25, -0.2) is 0 Å². The Morgan fingerprint density at radius 2 is 1.41 bits per heavy atom. The molecule has 0 N–H and O–H groups in total. The van der Waals surface area contributed by atoms with Gasteiger partial charge in [0.05, 0.1) is 0 Å². The number of carbonyl (C=O) groups excluding carboxylic acids is 2. The predicted octanol–water partition coefficient (Wildman–Crippen LogP) is 3.12. The van der Waals surface area contributed by atoms with E-state index in [0.29, 0.717) is 15.6 Å². The number of hydrogen-bond donors (Lipinski definition) is 0. The van der Waals surface area contributed by atoms with Gasteiger partial charge in [0.2, 0.25) is 0 Å². The molecule has 0 aliphatic carbocycles. The van der Waals surface area contributed by atoms with E-state index in [1.54, 1.807) is 0 Å². The van der Waals surface area contributed by atoms with E-state index in [1.165, 1.54) is 32.0 Å². The van der Waals surface area contributed by atoms with Gasteiger partial charge in [-0.05, 0) is 18.2 Å². The summed E-state index contributed by atoms with van der Waals surface area (Å²) in [6.45, 7) is 2.42. The Hall–Kier alpha value is -1.26. The van der Waals surface area contributed by atoms with Crippen molar-refractivity contribution in [2.75, 3.05) is 0 Å². The van der Waals surface area contributed by atoms with Crippen molar-refractivity contribution in [1.82, 2.24) is 0 Å². The van der Waals surface area contributed by atoms with Crippen molar-refractivity contribution in [2.45, 2.75) is 20.1 Å².